The van der Waals surface area contributed by atoms with Gasteiger partial charge in [0.25, 0.3) is 11.9 Å². The van der Waals surface area contributed by atoms with Crippen LogP contribution in [-0.4, -0.2) is 36.5 Å². The highest BCUT2D eigenvalue weighted by atomic mass is 19.1. The Morgan fingerprint density at radius 3 is 2.71 bits per heavy atom. The number of carbonyl (C=O) groups is 1. The van der Waals surface area contributed by atoms with Crippen LogP contribution in [0.1, 0.15) is 23.4 Å². The SMILES string of the molecule is O=C(N[C@H]1CN2CCC1CC2)c1ccc(Oc2ccccc2F)o1. The van der Waals surface area contributed by atoms with Crippen LogP contribution in [0.15, 0.2) is 40.8 Å². The van der Waals surface area contributed by atoms with E-state index < -0.39 is 5.82 Å². The van der Waals surface area contributed by atoms with Crippen LogP contribution < -0.4 is 10.1 Å². The van der Waals surface area contributed by atoms with Crippen LogP contribution in [0, 0.1) is 11.7 Å². The Hall–Kier alpha value is -2.34. The Balaban J connectivity index is 1.41. The summed E-state index contributed by atoms with van der Waals surface area (Å²) in [5.74, 6) is 0.153. The first-order valence-electron chi connectivity index (χ1n) is 8.24. The van der Waals surface area contributed by atoms with Gasteiger partial charge < -0.3 is 19.4 Å². The fourth-order valence-corrected chi connectivity index (χ4v) is 3.50. The van der Waals surface area contributed by atoms with Gasteiger partial charge in [0, 0.05) is 18.7 Å². The van der Waals surface area contributed by atoms with Gasteiger partial charge in [-0.25, -0.2) is 4.39 Å². The van der Waals surface area contributed by atoms with Crippen molar-refractivity contribution < 1.29 is 18.3 Å². The van der Waals surface area contributed by atoms with Crippen molar-refractivity contribution in [2.45, 2.75) is 18.9 Å². The Labute approximate surface area is 139 Å². The van der Waals surface area contributed by atoms with Crippen molar-refractivity contribution in [3.63, 3.8) is 0 Å². The van der Waals surface area contributed by atoms with E-state index >= 15 is 0 Å². The summed E-state index contributed by atoms with van der Waals surface area (Å²) in [6, 6.07) is 9.30. The number of ether oxygens (including phenoxy) is 1. The molecule has 5 rings (SSSR count). The number of hydrogen-bond donors (Lipinski definition) is 1. The van der Waals surface area contributed by atoms with Crippen LogP contribution in [0.3, 0.4) is 0 Å². The summed E-state index contributed by atoms with van der Waals surface area (Å²) in [7, 11) is 0. The number of hydrogen-bond acceptors (Lipinski definition) is 4. The predicted octanol–water partition coefficient (Wildman–Crippen LogP) is 3.04. The zero-order chi connectivity index (χ0) is 16.5. The largest absolute Gasteiger partial charge is 0.423 e. The van der Waals surface area contributed by atoms with Crippen LogP contribution in [0.4, 0.5) is 4.39 Å². The first-order chi connectivity index (χ1) is 11.7. The molecule has 2 aromatic rings. The number of fused-ring (bicyclic) bond motifs is 3. The van der Waals surface area contributed by atoms with Gasteiger partial charge in [-0.05, 0) is 50.0 Å². The number of nitrogens with one attached hydrogen (secondary N) is 1. The molecule has 0 saturated carbocycles. The number of rotatable bonds is 4. The van der Waals surface area contributed by atoms with E-state index in [1.165, 1.54) is 18.2 Å². The Kier molecular flexibility index (Phi) is 3.98. The fourth-order valence-electron chi connectivity index (χ4n) is 3.50. The van der Waals surface area contributed by atoms with Crippen molar-refractivity contribution in [2.24, 2.45) is 5.92 Å². The minimum absolute atomic E-state index is 0.0659. The summed E-state index contributed by atoms with van der Waals surface area (Å²) >= 11 is 0. The van der Waals surface area contributed by atoms with Crippen LogP contribution in [0.25, 0.3) is 0 Å². The minimum Gasteiger partial charge on any atom is -0.423 e. The molecule has 1 aromatic heterocycles. The molecule has 3 saturated heterocycles. The minimum atomic E-state index is -0.479. The molecular weight excluding hydrogens is 311 g/mol. The lowest BCUT2D eigenvalue weighted by atomic mass is 9.84. The molecule has 2 bridgehead atoms. The molecule has 6 heteroatoms. The van der Waals surface area contributed by atoms with Gasteiger partial charge in [0.2, 0.25) is 0 Å². The molecule has 1 N–H and O–H groups in total. The van der Waals surface area contributed by atoms with E-state index in [1.54, 1.807) is 18.2 Å². The van der Waals surface area contributed by atoms with Gasteiger partial charge in [-0.2, -0.15) is 0 Å². The molecule has 1 amide bonds. The quantitative estimate of drug-likeness (QED) is 0.936. The highest BCUT2D eigenvalue weighted by molar-refractivity contribution is 5.91. The maximum absolute atomic E-state index is 13.6. The number of benzene rings is 1. The van der Waals surface area contributed by atoms with Crippen molar-refractivity contribution in [3.8, 4) is 11.7 Å². The van der Waals surface area contributed by atoms with Crippen LogP contribution >= 0.6 is 0 Å². The van der Waals surface area contributed by atoms with Crippen molar-refractivity contribution in [3.05, 3.63) is 48.0 Å². The number of piperidine rings is 3. The number of furan rings is 1. The van der Waals surface area contributed by atoms with Gasteiger partial charge in [0.05, 0.1) is 0 Å². The lowest BCUT2D eigenvalue weighted by Crippen LogP contribution is -2.57. The predicted molar refractivity (Wildman–Crippen MR) is 85.6 cm³/mol. The average Bonchev–Trinajstić information content (AvgIpc) is 3.07. The molecule has 24 heavy (non-hydrogen) atoms. The van der Waals surface area contributed by atoms with Crippen LogP contribution in [0.2, 0.25) is 0 Å². The zero-order valence-electron chi connectivity index (χ0n) is 13.2. The number of nitrogens with zero attached hydrogens (tertiary/aromatic N) is 1. The van der Waals surface area contributed by atoms with Crippen LogP contribution in [-0.2, 0) is 0 Å². The van der Waals surface area contributed by atoms with E-state index in [1.807, 2.05) is 0 Å². The van der Waals surface area contributed by atoms with Gasteiger partial charge >= 0.3 is 0 Å². The smallest absolute Gasteiger partial charge is 0.290 e. The molecule has 3 aliphatic heterocycles. The third kappa shape index (κ3) is 3.01. The van der Waals surface area contributed by atoms with E-state index in [2.05, 4.69) is 10.2 Å². The van der Waals surface area contributed by atoms with Gasteiger partial charge in [-0.3, -0.25) is 4.79 Å². The molecule has 0 aliphatic carbocycles. The Bertz CT molecular complexity index is 737. The molecule has 126 valence electrons. The second-order valence-electron chi connectivity index (χ2n) is 6.37. The summed E-state index contributed by atoms with van der Waals surface area (Å²) in [5, 5.41) is 3.05. The molecule has 3 aliphatic rings. The summed E-state index contributed by atoms with van der Waals surface area (Å²) in [6.45, 7) is 3.15. The number of amides is 1. The third-order valence-corrected chi connectivity index (χ3v) is 4.82. The lowest BCUT2D eigenvalue weighted by Gasteiger charge is -2.44. The topological polar surface area (TPSA) is 54.7 Å². The fraction of sp³-hybridized carbons (Fsp3) is 0.389. The Morgan fingerprint density at radius 2 is 2.00 bits per heavy atom. The van der Waals surface area contributed by atoms with Crippen molar-refractivity contribution in [2.75, 3.05) is 19.6 Å². The summed E-state index contributed by atoms with van der Waals surface area (Å²) in [6.07, 6.45) is 2.26. The monoisotopic (exact) mass is 330 g/mol. The van der Waals surface area contributed by atoms with E-state index in [-0.39, 0.29) is 29.4 Å². The standard InChI is InChI=1S/C18H19FN2O3/c19-13-3-1-2-4-15(13)23-17-6-5-16(24-17)18(22)20-14-11-21-9-7-12(14)8-10-21/h1-6,12,14H,7-11H2,(H,20,22)/t14-/m0/s1. The van der Waals surface area contributed by atoms with Gasteiger partial charge in [0.15, 0.2) is 17.3 Å². The zero-order valence-corrected chi connectivity index (χ0v) is 13.2. The summed E-state index contributed by atoms with van der Waals surface area (Å²) < 4.78 is 24.3. The first kappa shape index (κ1) is 15.2. The maximum Gasteiger partial charge on any atom is 0.290 e. The molecule has 3 fully saturated rings. The molecule has 0 radical (unpaired) electrons. The maximum atomic E-state index is 13.6. The molecular formula is C18H19FN2O3. The molecule has 1 aromatic carbocycles. The second kappa shape index (κ2) is 6.28. The third-order valence-electron chi connectivity index (χ3n) is 4.82. The molecule has 0 spiro atoms. The number of halogens is 1. The summed E-state index contributed by atoms with van der Waals surface area (Å²) in [4.78, 5) is 14.7. The van der Waals surface area contributed by atoms with Gasteiger partial charge in [-0.1, -0.05) is 12.1 Å². The summed E-state index contributed by atoms with van der Waals surface area (Å²) in [5.41, 5.74) is 0. The lowest BCUT2D eigenvalue weighted by molar-refractivity contribution is 0.0603. The highest BCUT2D eigenvalue weighted by Gasteiger charge is 2.35. The Morgan fingerprint density at radius 1 is 1.21 bits per heavy atom. The molecule has 5 nitrogen and oxygen atoms in total. The van der Waals surface area contributed by atoms with Crippen molar-refractivity contribution in [1.29, 1.82) is 0 Å². The molecule has 0 unspecified atom stereocenters. The highest BCUT2D eigenvalue weighted by Crippen LogP contribution is 2.29. The van der Waals surface area contributed by atoms with Gasteiger partial charge in [-0.15, -0.1) is 0 Å². The van der Waals surface area contributed by atoms with E-state index in [4.69, 9.17) is 9.15 Å². The van der Waals surface area contributed by atoms with E-state index in [0.717, 1.165) is 32.5 Å². The first-order valence-corrected chi connectivity index (χ1v) is 8.24. The van der Waals surface area contributed by atoms with Crippen LogP contribution in [0.5, 0.6) is 11.7 Å². The average molecular weight is 330 g/mol. The van der Waals surface area contributed by atoms with E-state index in [9.17, 15) is 9.18 Å². The van der Waals surface area contributed by atoms with Crippen molar-refractivity contribution >= 4 is 5.91 Å². The van der Waals surface area contributed by atoms with E-state index in [0.29, 0.717) is 5.92 Å². The second-order valence-corrected chi connectivity index (χ2v) is 6.37. The molecule has 1 atom stereocenters. The van der Waals surface area contributed by atoms with Gasteiger partial charge in [0.1, 0.15) is 0 Å². The number of para-hydroxylation sites is 1. The number of carbonyl (C=O) groups excluding carboxylic acids is 1. The molecule has 4 heterocycles. The normalized spacial score (nSPS) is 25.5. The van der Waals surface area contributed by atoms with Crippen molar-refractivity contribution in [1.82, 2.24) is 10.2 Å².